The number of benzene rings is 2. The van der Waals surface area contributed by atoms with Crippen LogP contribution in [0, 0.1) is 0 Å². The number of methoxy groups -OCH3 is 2. The van der Waals surface area contributed by atoms with E-state index in [0.29, 0.717) is 24.0 Å². The number of halogens is 1. The summed E-state index contributed by atoms with van der Waals surface area (Å²) in [6.45, 7) is 0.557. The predicted octanol–water partition coefficient (Wildman–Crippen LogP) is 2.62. The summed E-state index contributed by atoms with van der Waals surface area (Å²) in [5.41, 5.74) is 7.66. The molecule has 0 radical (unpaired) electrons. The van der Waals surface area contributed by atoms with Crippen LogP contribution in [0.25, 0.3) is 0 Å². The molecule has 142 valence electrons. The first kappa shape index (κ1) is 21.8. The fourth-order valence-electron chi connectivity index (χ4n) is 2.12. The van der Waals surface area contributed by atoms with E-state index < -0.39 is 0 Å². The Bertz CT molecular complexity index is 708. The number of ether oxygens (including phenoxy) is 3. The van der Waals surface area contributed by atoms with Gasteiger partial charge in [0, 0.05) is 5.69 Å². The van der Waals surface area contributed by atoms with Crippen molar-refractivity contribution >= 4 is 35.6 Å². The number of hydrogen-bond acceptors (Lipinski definition) is 5. The minimum absolute atomic E-state index is 0. The highest BCUT2D eigenvalue weighted by molar-refractivity contribution is 14.0. The minimum atomic E-state index is -0.0528. The lowest BCUT2D eigenvalue weighted by atomic mass is 10.2. The quantitative estimate of drug-likeness (QED) is 0.310. The van der Waals surface area contributed by atoms with Gasteiger partial charge in [-0.25, -0.2) is 4.99 Å². The van der Waals surface area contributed by atoms with Crippen molar-refractivity contribution in [3.05, 3.63) is 48.0 Å². The summed E-state index contributed by atoms with van der Waals surface area (Å²) in [6.07, 6.45) is 0. The van der Waals surface area contributed by atoms with Crippen molar-refractivity contribution in [2.75, 3.05) is 32.8 Å². The highest BCUT2D eigenvalue weighted by Gasteiger charge is 2.06. The molecular formula is C18H24IN3O4. The molecule has 0 aliphatic rings. The molecule has 0 bridgehead atoms. The van der Waals surface area contributed by atoms with Crippen molar-refractivity contribution < 1.29 is 19.3 Å². The Hall–Kier alpha value is -2.20. The molecule has 0 saturated carbocycles. The van der Waals surface area contributed by atoms with E-state index in [1.165, 1.54) is 0 Å². The van der Waals surface area contributed by atoms with E-state index in [4.69, 9.17) is 25.1 Å². The molecule has 0 spiro atoms. The predicted molar refractivity (Wildman–Crippen MR) is 113 cm³/mol. The Morgan fingerprint density at radius 2 is 1.81 bits per heavy atom. The molecular weight excluding hydrogens is 449 g/mol. The zero-order chi connectivity index (χ0) is 18.1. The first-order valence-electron chi connectivity index (χ1n) is 7.78. The lowest BCUT2D eigenvalue weighted by Crippen LogP contribution is -2.22. The number of anilines is 1. The number of nitrogens with zero attached hydrogens (tertiary/aromatic N) is 1. The zero-order valence-electron chi connectivity index (χ0n) is 14.8. The summed E-state index contributed by atoms with van der Waals surface area (Å²) in [5, 5.41) is 11.8. The maximum Gasteiger partial charge on any atom is 0.193 e. The van der Waals surface area contributed by atoms with Crippen molar-refractivity contribution in [3.8, 4) is 17.2 Å². The Morgan fingerprint density at radius 3 is 2.42 bits per heavy atom. The van der Waals surface area contributed by atoms with Crippen molar-refractivity contribution in [2.24, 2.45) is 10.7 Å². The molecule has 0 amide bonds. The van der Waals surface area contributed by atoms with Gasteiger partial charge in [-0.3, -0.25) is 0 Å². The van der Waals surface area contributed by atoms with E-state index in [-0.39, 0.29) is 37.2 Å². The van der Waals surface area contributed by atoms with Gasteiger partial charge in [-0.2, -0.15) is 0 Å². The maximum absolute atomic E-state index is 8.83. The Labute approximate surface area is 170 Å². The molecule has 0 aliphatic carbocycles. The lowest BCUT2D eigenvalue weighted by molar-refractivity contribution is 0.196. The molecule has 0 atom stereocenters. The second-order valence-corrected chi connectivity index (χ2v) is 5.11. The molecule has 2 aromatic rings. The molecule has 26 heavy (non-hydrogen) atoms. The van der Waals surface area contributed by atoms with Crippen LogP contribution in [0.3, 0.4) is 0 Å². The normalized spacial score (nSPS) is 10.7. The van der Waals surface area contributed by atoms with Crippen LogP contribution in [-0.2, 0) is 6.54 Å². The van der Waals surface area contributed by atoms with Crippen LogP contribution in [0.4, 0.5) is 5.69 Å². The number of rotatable bonds is 8. The summed E-state index contributed by atoms with van der Waals surface area (Å²) < 4.78 is 15.8. The van der Waals surface area contributed by atoms with Crippen LogP contribution >= 0.6 is 24.0 Å². The van der Waals surface area contributed by atoms with Crippen LogP contribution in [0.1, 0.15) is 5.56 Å². The SMILES string of the molecule is COc1ccc(NC(N)=NCc2ccc(OCCO)c(OC)c2)cc1.I. The highest BCUT2D eigenvalue weighted by atomic mass is 127. The number of aliphatic hydroxyl groups excluding tert-OH is 1. The third-order valence-corrected chi connectivity index (χ3v) is 3.37. The molecule has 7 nitrogen and oxygen atoms in total. The molecule has 2 rings (SSSR count). The van der Waals surface area contributed by atoms with E-state index in [0.717, 1.165) is 17.0 Å². The van der Waals surface area contributed by atoms with E-state index in [1.807, 2.05) is 36.4 Å². The average molecular weight is 473 g/mol. The summed E-state index contributed by atoms with van der Waals surface area (Å²) in [7, 11) is 3.18. The molecule has 0 unspecified atom stereocenters. The molecule has 0 aliphatic heterocycles. The number of nitrogens with two attached hydrogens (primary N) is 1. The van der Waals surface area contributed by atoms with Gasteiger partial charge in [-0.15, -0.1) is 24.0 Å². The first-order chi connectivity index (χ1) is 12.2. The molecule has 0 fully saturated rings. The van der Waals surface area contributed by atoms with Gasteiger partial charge in [-0.05, 0) is 42.0 Å². The van der Waals surface area contributed by atoms with Gasteiger partial charge in [0.15, 0.2) is 17.5 Å². The van der Waals surface area contributed by atoms with Gasteiger partial charge >= 0.3 is 0 Å². The van der Waals surface area contributed by atoms with Crippen LogP contribution in [0.5, 0.6) is 17.2 Å². The second kappa shape index (κ2) is 11.4. The van der Waals surface area contributed by atoms with Gasteiger partial charge in [0.2, 0.25) is 0 Å². The Balaban J connectivity index is 0.00000338. The van der Waals surface area contributed by atoms with Gasteiger partial charge in [0.1, 0.15) is 12.4 Å². The molecule has 8 heteroatoms. The van der Waals surface area contributed by atoms with Gasteiger partial charge in [-0.1, -0.05) is 6.07 Å². The average Bonchev–Trinajstić information content (AvgIpc) is 2.65. The zero-order valence-corrected chi connectivity index (χ0v) is 17.1. The first-order valence-corrected chi connectivity index (χ1v) is 7.78. The third kappa shape index (κ3) is 6.60. The van der Waals surface area contributed by atoms with E-state index in [2.05, 4.69) is 10.3 Å². The molecule has 0 heterocycles. The lowest BCUT2D eigenvalue weighted by Gasteiger charge is -2.11. The van der Waals surface area contributed by atoms with Crippen molar-refractivity contribution in [1.29, 1.82) is 0 Å². The van der Waals surface area contributed by atoms with Crippen LogP contribution in [0.15, 0.2) is 47.5 Å². The monoisotopic (exact) mass is 473 g/mol. The minimum Gasteiger partial charge on any atom is -0.497 e. The fourth-order valence-corrected chi connectivity index (χ4v) is 2.12. The highest BCUT2D eigenvalue weighted by Crippen LogP contribution is 2.28. The largest absolute Gasteiger partial charge is 0.497 e. The van der Waals surface area contributed by atoms with E-state index in [1.54, 1.807) is 20.3 Å². The van der Waals surface area contributed by atoms with E-state index >= 15 is 0 Å². The standard InChI is InChI=1S/C18H23N3O4.HI/c1-23-15-6-4-14(5-7-15)21-18(19)20-12-13-3-8-16(25-10-9-22)17(11-13)24-2;/h3-8,11,22H,9-10,12H2,1-2H3,(H3,19,20,21);1H. The summed E-state index contributed by atoms with van der Waals surface area (Å²) in [4.78, 5) is 4.32. The van der Waals surface area contributed by atoms with Crippen LogP contribution in [0.2, 0.25) is 0 Å². The molecule has 4 N–H and O–H groups in total. The summed E-state index contributed by atoms with van der Waals surface area (Å²) >= 11 is 0. The summed E-state index contributed by atoms with van der Waals surface area (Å²) in [5.74, 6) is 2.25. The number of guanidine groups is 1. The van der Waals surface area contributed by atoms with Crippen LogP contribution in [-0.4, -0.2) is 38.5 Å². The third-order valence-electron chi connectivity index (χ3n) is 3.37. The number of hydrogen-bond donors (Lipinski definition) is 3. The maximum atomic E-state index is 8.83. The fraction of sp³-hybridized carbons (Fsp3) is 0.278. The smallest absolute Gasteiger partial charge is 0.193 e. The molecule has 2 aromatic carbocycles. The van der Waals surface area contributed by atoms with Crippen LogP contribution < -0.4 is 25.3 Å². The number of aliphatic imine (C=N–C) groups is 1. The van der Waals surface area contributed by atoms with Gasteiger partial charge < -0.3 is 30.4 Å². The summed E-state index contributed by atoms with van der Waals surface area (Å²) in [6, 6.07) is 12.9. The molecule has 0 aromatic heterocycles. The van der Waals surface area contributed by atoms with E-state index in [9.17, 15) is 0 Å². The van der Waals surface area contributed by atoms with Crippen molar-refractivity contribution in [2.45, 2.75) is 6.54 Å². The second-order valence-electron chi connectivity index (χ2n) is 5.11. The van der Waals surface area contributed by atoms with Gasteiger partial charge in [0.25, 0.3) is 0 Å². The Kier molecular flexibility index (Phi) is 9.60. The van der Waals surface area contributed by atoms with Crippen molar-refractivity contribution in [1.82, 2.24) is 0 Å². The Morgan fingerprint density at radius 1 is 1.08 bits per heavy atom. The van der Waals surface area contributed by atoms with Crippen molar-refractivity contribution in [3.63, 3.8) is 0 Å². The number of aliphatic hydroxyl groups is 1. The van der Waals surface area contributed by atoms with Gasteiger partial charge in [0.05, 0.1) is 27.4 Å². The topological polar surface area (TPSA) is 98.3 Å². The number of nitrogens with one attached hydrogen (secondary N) is 1. The molecule has 0 saturated heterocycles.